The molecule has 5 rings (SSSR count). The van der Waals surface area contributed by atoms with Gasteiger partial charge in [0.2, 0.25) is 5.91 Å². The van der Waals surface area contributed by atoms with Crippen LogP contribution in [0.2, 0.25) is 0 Å². The van der Waals surface area contributed by atoms with Crippen LogP contribution in [0.3, 0.4) is 0 Å². The number of allylic oxidation sites excluding steroid dienone is 3. The number of carbonyl (C=O) groups is 1. The Morgan fingerprint density at radius 2 is 1.97 bits per heavy atom. The highest BCUT2D eigenvalue weighted by atomic mass is 16.2. The van der Waals surface area contributed by atoms with Gasteiger partial charge in [0.25, 0.3) is 0 Å². The summed E-state index contributed by atoms with van der Waals surface area (Å²) in [7, 11) is 0. The first-order valence-electron chi connectivity index (χ1n) is 11.8. The summed E-state index contributed by atoms with van der Waals surface area (Å²) in [5.41, 5.74) is 9.06. The largest absolute Gasteiger partial charge is 0.383 e. The molecule has 3 N–H and O–H groups in total. The lowest BCUT2D eigenvalue weighted by Gasteiger charge is -2.29. The van der Waals surface area contributed by atoms with Gasteiger partial charge in [-0.3, -0.25) is 9.48 Å². The number of fused-ring (bicyclic) bond motifs is 2. The Hall–Kier alpha value is -4.14. The zero-order valence-electron chi connectivity index (χ0n) is 20.3. The monoisotopic (exact) mass is 470 g/mol. The maximum Gasteiger partial charge on any atom is 0.244 e. The number of nitrogen functional groups attached to an aromatic ring is 1. The molecule has 1 amide bonds. The van der Waals surface area contributed by atoms with Gasteiger partial charge in [-0.15, -0.1) is 0 Å². The van der Waals surface area contributed by atoms with Crippen molar-refractivity contribution in [2.75, 3.05) is 17.6 Å². The van der Waals surface area contributed by atoms with Crippen molar-refractivity contribution in [2.45, 2.75) is 45.8 Å². The van der Waals surface area contributed by atoms with E-state index in [1.165, 1.54) is 0 Å². The minimum absolute atomic E-state index is 0.0354. The van der Waals surface area contributed by atoms with Crippen molar-refractivity contribution in [2.24, 2.45) is 0 Å². The zero-order valence-corrected chi connectivity index (χ0v) is 20.3. The van der Waals surface area contributed by atoms with Crippen LogP contribution in [-0.2, 0) is 17.8 Å². The first-order chi connectivity index (χ1) is 16.8. The summed E-state index contributed by atoms with van der Waals surface area (Å²) in [6, 6.07) is 6.11. The predicted octanol–water partition coefficient (Wildman–Crippen LogP) is 3.91. The van der Waals surface area contributed by atoms with E-state index < -0.39 is 0 Å². The number of rotatable bonds is 5. The normalized spacial score (nSPS) is 16.7. The van der Waals surface area contributed by atoms with E-state index in [-0.39, 0.29) is 24.5 Å². The smallest absolute Gasteiger partial charge is 0.244 e. The second-order valence-electron chi connectivity index (χ2n) is 9.23. The molecule has 2 aliphatic heterocycles. The first kappa shape index (κ1) is 22.6. The average molecular weight is 471 g/mol. The number of carbonyl (C=O) groups excluding carboxylic acids is 1. The number of hydrogen-bond donors (Lipinski definition) is 2. The lowest BCUT2D eigenvalue weighted by atomic mass is 10.1. The van der Waals surface area contributed by atoms with Gasteiger partial charge in [-0.2, -0.15) is 5.10 Å². The van der Waals surface area contributed by atoms with Crippen LogP contribution >= 0.6 is 0 Å². The average Bonchev–Trinajstić information content (AvgIpc) is 3.11. The van der Waals surface area contributed by atoms with Crippen LogP contribution < -0.4 is 11.1 Å². The standard InChI is InChI=1S/C26H30N8O/c1-16(2)32-10-8-20-13-24(31-34(20)15-25(32)35)30-23-12-19-11-22(29-26(27)21(19)14-28-23)18(4)33-9-6-5-7-17(33)3/h5-7,9,11-14,16,18H,3,8,10,15H2,1-2,4H3,(H2,27,29)(H,28,30,31)/t18-/m0/s1. The first-order valence-corrected chi connectivity index (χ1v) is 11.8. The van der Waals surface area contributed by atoms with Crippen LogP contribution in [0.15, 0.2) is 61.1 Å². The van der Waals surface area contributed by atoms with Gasteiger partial charge < -0.3 is 20.9 Å². The van der Waals surface area contributed by atoms with Gasteiger partial charge in [0.15, 0.2) is 5.82 Å². The SMILES string of the molecule is C=C1C=CC=CN1[C@@H](C)c1cc2cc(Nc3cc4n(n3)CC(=O)N(C(C)C)CC4)ncc2c(N)n1. The van der Waals surface area contributed by atoms with E-state index in [9.17, 15) is 4.79 Å². The molecule has 9 nitrogen and oxygen atoms in total. The Morgan fingerprint density at radius 1 is 1.14 bits per heavy atom. The van der Waals surface area contributed by atoms with Gasteiger partial charge in [0, 0.05) is 54.2 Å². The quantitative estimate of drug-likeness (QED) is 0.582. The molecule has 2 aliphatic rings. The second-order valence-corrected chi connectivity index (χ2v) is 9.23. The Morgan fingerprint density at radius 3 is 2.74 bits per heavy atom. The molecule has 0 aliphatic carbocycles. The Labute approximate surface area is 204 Å². The van der Waals surface area contributed by atoms with Crippen LogP contribution in [-0.4, -0.2) is 48.0 Å². The number of hydrogen-bond acceptors (Lipinski definition) is 7. The van der Waals surface area contributed by atoms with E-state index >= 15 is 0 Å². The third-order valence-electron chi connectivity index (χ3n) is 6.55. The molecule has 35 heavy (non-hydrogen) atoms. The molecule has 0 radical (unpaired) electrons. The molecule has 3 aromatic heterocycles. The van der Waals surface area contributed by atoms with Crippen molar-refractivity contribution in [3.05, 3.63) is 72.5 Å². The van der Waals surface area contributed by atoms with Crippen molar-refractivity contribution >= 4 is 34.1 Å². The minimum Gasteiger partial charge on any atom is -0.383 e. The summed E-state index contributed by atoms with van der Waals surface area (Å²) in [5.74, 6) is 1.83. The van der Waals surface area contributed by atoms with Crippen molar-refractivity contribution in [3.8, 4) is 0 Å². The van der Waals surface area contributed by atoms with E-state index in [0.717, 1.165) is 34.3 Å². The maximum atomic E-state index is 12.6. The van der Waals surface area contributed by atoms with Gasteiger partial charge in [-0.05, 0) is 50.4 Å². The third kappa shape index (κ3) is 4.37. The minimum atomic E-state index is -0.0354. The molecular formula is C26H30N8O. The van der Waals surface area contributed by atoms with Crippen molar-refractivity contribution in [3.63, 3.8) is 0 Å². The second kappa shape index (κ2) is 8.90. The van der Waals surface area contributed by atoms with Gasteiger partial charge >= 0.3 is 0 Å². The van der Waals surface area contributed by atoms with Crippen LogP contribution in [0.5, 0.6) is 0 Å². The summed E-state index contributed by atoms with van der Waals surface area (Å²) in [5, 5.41) is 9.62. The van der Waals surface area contributed by atoms with Crippen molar-refractivity contribution < 1.29 is 4.79 Å². The van der Waals surface area contributed by atoms with E-state index in [1.54, 1.807) is 10.9 Å². The highest BCUT2D eigenvalue weighted by molar-refractivity contribution is 5.92. The molecule has 0 spiro atoms. The predicted molar refractivity (Wildman–Crippen MR) is 138 cm³/mol. The lowest BCUT2D eigenvalue weighted by molar-refractivity contribution is -0.133. The number of anilines is 3. The summed E-state index contributed by atoms with van der Waals surface area (Å²) in [4.78, 5) is 25.7. The molecule has 0 fully saturated rings. The van der Waals surface area contributed by atoms with E-state index in [4.69, 9.17) is 5.73 Å². The molecule has 180 valence electrons. The molecule has 5 heterocycles. The summed E-state index contributed by atoms with van der Waals surface area (Å²) in [6.07, 6.45) is 10.4. The van der Waals surface area contributed by atoms with Crippen LogP contribution in [0.1, 0.15) is 38.2 Å². The van der Waals surface area contributed by atoms with E-state index in [2.05, 4.69) is 38.8 Å². The van der Waals surface area contributed by atoms with Gasteiger partial charge in [-0.1, -0.05) is 12.7 Å². The lowest BCUT2D eigenvalue weighted by Crippen LogP contribution is -2.38. The van der Waals surface area contributed by atoms with Gasteiger partial charge in [0.05, 0.1) is 11.7 Å². The fraction of sp³-hybridized carbons (Fsp3) is 0.308. The summed E-state index contributed by atoms with van der Waals surface area (Å²) < 4.78 is 1.78. The maximum absolute atomic E-state index is 12.6. The summed E-state index contributed by atoms with van der Waals surface area (Å²) in [6.45, 7) is 11.2. The number of nitrogens with one attached hydrogen (secondary N) is 1. The fourth-order valence-corrected chi connectivity index (χ4v) is 4.60. The molecule has 0 unspecified atom stereocenters. The van der Waals surface area contributed by atoms with Crippen LogP contribution in [0.4, 0.5) is 17.5 Å². The molecule has 0 saturated heterocycles. The molecule has 0 bridgehead atoms. The van der Waals surface area contributed by atoms with Gasteiger partial charge in [-0.25, -0.2) is 9.97 Å². The molecular weight excluding hydrogens is 440 g/mol. The van der Waals surface area contributed by atoms with E-state index in [0.29, 0.717) is 24.0 Å². The number of pyridine rings is 2. The number of nitrogens with zero attached hydrogens (tertiary/aromatic N) is 6. The Balaban J connectivity index is 1.40. The topological polar surface area (TPSA) is 105 Å². The Bertz CT molecular complexity index is 1370. The number of nitrogens with two attached hydrogens (primary N) is 1. The summed E-state index contributed by atoms with van der Waals surface area (Å²) >= 11 is 0. The molecule has 9 heteroatoms. The number of aromatic nitrogens is 4. The van der Waals surface area contributed by atoms with Crippen molar-refractivity contribution in [1.82, 2.24) is 29.5 Å². The van der Waals surface area contributed by atoms with Crippen molar-refractivity contribution in [1.29, 1.82) is 0 Å². The molecule has 0 saturated carbocycles. The van der Waals surface area contributed by atoms with Crippen LogP contribution in [0.25, 0.3) is 10.8 Å². The molecule has 3 aromatic rings. The van der Waals surface area contributed by atoms with Crippen LogP contribution in [0, 0.1) is 0 Å². The number of amides is 1. The highest BCUT2D eigenvalue weighted by Crippen LogP contribution is 2.30. The third-order valence-corrected chi connectivity index (χ3v) is 6.55. The molecule has 0 aromatic carbocycles. The Kier molecular flexibility index (Phi) is 5.76. The van der Waals surface area contributed by atoms with E-state index in [1.807, 2.05) is 61.4 Å². The zero-order chi connectivity index (χ0) is 24.7. The highest BCUT2D eigenvalue weighted by Gasteiger charge is 2.24. The van der Waals surface area contributed by atoms with Gasteiger partial charge in [0.1, 0.15) is 18.2 Å². The molecule has 1 atom stereocenters. The fourth-order valence-electron chi connectivity index (χ4n) is 4.60.